The summed E-state index contributed by atoms with van der Waals surface area (Å²) in [4.78, 5) is 4.81. The van der Waals surface area contributed by atoms with E-state index in [0.29, 0.717) is 5.92 Å². The van der Waals surface area contributed by atoms with Gasteiger partial charge < -0.3 is 9.14 Å². The van der Waals surface area contributed by atoms with E-state index in [9.17, 15) is 0 Å². The molecule has 0 saturated carbocycles. The molecule has 102 valence electrons. The highest BCUT2D eigenvalue weighted by Crippen LogP contribution is 2.32. The Bertz CT molecular complexity index is 729. The first-order valence-electron chi connectivity index (χ1n) is 6.82. The van der Waals surface area contributed by atoms with E-state index in [1.54, 1.807) is 7.11 Å². The lowest BCUT2D eigenvalue weighted by molar-refractivity contribution is 0.417. The summed E-state index contributed by atoms with van der Waals surface area (Å²) >= 11 is 0. The van der Waals surface area contributed by atoms with Gasteiger partial charge in [0.1, 0.15) is 0 Å². The molecule has 2 heterocycles. The predicted molar refractivity (Wildman–Crippen MR) is 81.3 cm³/mol. The van der Waals surface area contributed by atoms with Gasteiger partial charge >= 0.3 is 0 Å². The van der Waals surface area contributed by atoms with Crippen LogP contribution in [0.25, 0.3) is 16.9 Å². The van der Waals surface area contributed by atoms with Crippen molar-refractivity contribution in [3.05, 3.63) is 54.4 Å². The summed E-state index contributed by atoms with van der Waals surface area (Å²) in [7, 11) is 1.68. The molecular weight excluding hydrogens is 248 g/mol. The van der Waals surface area contributed by atoms with Crippen LogP contribution in [0.1, 0.15) is 25.5 Å². The molecule has 2 aromatic heterocycles. The summed E-state index contributed by atoms with van der Waals surface area (Å²) in [6.45, 7) is 4.38. The Morgan fingerprint density at radius 1 is 1.05 bits per heavy atom. The van der Waals surface area contributed by atoms with Crippen molar-refractivity contribution in [3.8, 4) is 17.0 Å². The van der Waals surface area contributed by atoms with Gasteiger partial charge in [0.15, 0.2) is 11.4 Å². The lowest BCUT2D eigenvalue weighted by Crippen LogP contribution is -1.97. The van der Waals surface area contributed by atoms with Crippen molar-refractivity contribution >= 4 is 5.65 Å². The molecule has 0 atom stereocenters. The Balaban J connectivity index is 2.34. The molecule has 0 amide bonds. The number of aromatic nitrogens is 2. The molecule has 3 rings (SSSR count). The molecule has 3 nitrogen and oxygen atoms in total. The molecule has 0 unspecified atom stereocenters. The van der Waals surface area contributed by atoms with E-state index in [-0.39, 0.29) is 0 Å². The molecular formula is C17H18N2O. The highest BCUT2D eigenvalue weighted by molar-refractivity contribution is 5.70. The highest BCUT2D eigenvalue weighted by atomic mass is 16.5. The molecule has 0 aliphatic carbocycles. The van der Waals surface area contributed by atoms with Crippen LogP contribution in [0.4, 0.5) is 0 Å². The van der Waals surface area contributed by atoms with E-state index in [1.807, 2.05) is 36.5 Å². The number of benzene rings is 1. The molecule has 0 spiro atoms. The minimum Gasteiger partial charge on any atom is -0.493 e. The van der Waals surface area contributed by atoms with Gasteiger partial charge in [0.2, 0.25) is 0 Å². The van der Waals surface area contributed by atoms with Gasteiger partial charge in [-0.1, -0.05) is 44.2 Å². The first kappa shape index (κ1) is 12.7. The molecule has 3 aromatic rings. The van der Waals surface area contributed by atoms with Crippen molar-refractivity contribution in [2.24, 2.45) is 0 Å². The molecule has 0 fully saturated rings. The molecule has 0 radical (unpaired) electrons. The van der Waals surface area contributed by atoms with Crippen molar-refractivity contribution in [2.45, 2.75) is 19.8 Å². The van der Waals surface area contributed by atoms with E-state index >= 15 is 0 Å². The fourth-order valence-electron chi connectivity index (χ4n) is 2.58. The van der Waals surface area contributed by atoms with Crippen molar-refractivity contribution in [3.63, 3.8) is 0 Å². The summed E-state index contributed by atoms with van der Waals surface area (Å²) in [5.74, 6) is 1.18. The van der Waals surface area contributed by atoms with Gasteiger partial charge in [0, 0.05) is 11.8 Å². The molecule has 0 aliphatic heterocycles. The highest BCUT2D eigenvalue weighted by Gasteiger charge is 2.18. The van der Waals surface area contributed by atoms with E-state index in [2.05, 4.69) is 30.4 Å². The van der Waals surface area contributed by atoms with Crippen LogP contribution in [0, 0.1) is 0 Å². The monoisotopic (exact) mass is 266 g/mol. The average Bonchev–Trinajstić information content (AvgIpc) is 2.87. The number of rotatable bonds is 3. The lowest BCUT2D eigenvalue weighted by atomic mass is 10.0. The maximum atomic E-state index is 5.43. The van der Waals surface area contributed by atoms with Crippen LogP contribution in [0.2, 0.25) is 0 Å². The Labute approximate surface area is 118 Å². The Morgan fingerprint density at radius 2 is 1.80 bits per heavy atom. The SMILES string of the molecule is COc1cccn2c(C(C)C)c(-c3ccccc3)nc12. The quantitative estimate of drug-likeness (QED) is 0.712. The molecule has 0 saturated heterocycles. The van der Waals surface area contributed by atoms with E-state index in [1.165, 1.54) is 5.69 Å². The zero-order chi connectivity index (χ0) is 14.1. The van der Waals surface area contributed by atoms with Crippen LogP contribution in [0.3, 0.4) is 0 Å². The van der Waals surface area contributed by atoms with Crippen LogP contribution >= 0.6 is 0 Å². The van der Waals surface area contributed by atoms with E-state index < -0.39 is 0 Å². The van der Waals surface area contributed by atoms with Gasteiger partial charge in [0.25, 0.3) is 0 Å². The number of hydrogen-bond acceptors (Lipinski definition) is 2. The second kappa shape index (κ2) is 5.00. The van der Waals surface area contributed by atoms with Gasteiger partial charge in [-0.05, 0) is 18.1 Å². The number of ether oxygens (including phenoxy) is 1. The van der Waals surface area contributed by atoms with Gasteiger partial charge in [-0.3, -0.25) is 0 Å². The predicted octanol–water partition coefficient (Wildman–Crippen LogP) is 4.13. The zero-order valence-corrected chi connectivity index (χ0v) is 12.0. The molecule has 3 heteroatoms. The van der Waals surface area contributed by atoms with Crippen molar-refractivity contribution in [2.75, 3.05) is 7.11 Å². The smallest absolute Gasteiger partial charge is 0.180 e. The number of methoxy groups -OCH3 is 1. The molecule has 1 aromatic carbocycles. The zero-order valence-electron chi connectivity index (χ0n) is 12.0. The Hall–Kier alpha value is -2.29. The summed E-state index contributed by atoms with van der Waals surface area (Å²) in [5, 5.41) is 0. The average molecular weight is 266 g/mol. The fraction of sp³-hybridized carbons (Fsp3) is 0.235. The van der Waals surface area contributed by atoms with Crippen molar-refractivity contribution < 1.29 is 4.74 Å². The first-order valence-corrected chi connectivity index (χ1v) is 6.82. The Morgan fingerprint density at radius 3 is 2.45 bits per heavy atom. The standard InChI is InChI=1S/C17H18N2O/c1-12(2)16-15(13-8-5-4-6-9-13)18-17-14(20-3)10-7-11-19(16)17/h4-12H,1-3H3. The van der Waals surface area contributed by atoms with Gasteiger partial charge in [-0.2, -0.15) is 0 Å². The fourth-order valence-corrected chi connectivity index (χ4v) is 2.58. The first-order chi connectivity index (χ1) is 9.72. The maximum absolute atomic E-state index is 5.43. The number of nitrogens with zero attached hydrogens (tertiary/aromatic N) is 2. The number of fused-ring (bicyclic) bond motifs is 1. The summed E-state index contributed by atoms with van der Waals surface area (Å²) in [6.07, 6.45) is 2.05. The number of hydrogen-bond donors (Lipinski definition) is 0. The summed E-state index contributed by atoms with van der Waals surface area (Å²) in [6, 6.07) is 14.2. The van der Waals surface area contributed by atoms with E-state index in [4.69, 9.17) is 9.72 Å². The van der Waals surface area contributed by atoms with Crippen LogP contribution in [0.15, 0.2) is 48.7 Å². The minimum atomic E-state index is 0.382. The second-order valence-corrected chi connectivity index (χ2v) is 5.14. The molecule has 0 N–H and O–H groups in total. The lowest BCUT2D eigenvalue weighted by Gasteiger charge is -2.09. The third kappa shape index (κ3) is 1.95. The van der Waals surface area contributed by atoms with Crippen LogP contribution in [-0.4, -0.2) is 16.5 Å². The summed E-state index contributed by atoms with van der Waals surface area (Å²) < 4.78 is 7.56. The topological polar surface area (TPSA) is 26.5 Å². The van der Waals surface area contributed by atoms with Gasteiger partial charge in [-0.15, -0.1) is 0 Å². The summed E-state index contributed by atoms with van der Waals surface area (Å²) in [5.41, 5.74) is 4.26. The van der Waals surface area contributed by atoms with Crippen LogP contribution < -0.4 is 4.74 Å². The van der Waals surface area contributed by atoms with Gasteiger partial charge in [0.05, 0.1) is 18.5 Å². The maximum Gasteiger partial charge on any atom is 0.180 e. The minimum absolute atomic E-state index is 0.382. The van der Waals surface area contributed by atoms with Crippen molar-refractivity contribution in [1.29, 1.82) is 0 Å². The number of pyridine rings is 1. The third-order valence-electron chi connectivity index (χ3n) is 3.47. The van der Waals surface area contributed by atoms with Crippen LogP contribution in [0.5, 0.6) is 5.75 Å². The number of imidazole rings is 1. The van der Waals surface area contributed by atoms with Crippen LogP contribution in [-0.2, 0) is 0 Å². The molecule has 0 aliphatic rings. The largest absolute Gasteiger partial charge is 0.493 e. The Kier molecular flexibility index (Phi) is 3.18. The molecule has 20 heavy (non-hydrogen) atoms. The normalized spacial score (nSPS) is 11.2. The van der Waals surface area contributed by atoms with Crippen molar-refractivity contribution in [1.82, 2.24) is 9.38 Å². The van der Waals surface area contributed by atoms with E-state index in [0.717, 1.165) is 22.7 Å². The van der Waals surface area contributed by atoms with Gasteiger partial charge in [-0.25, -0.2) is 4.98 Å². The second-order valence-electron chi connectivity index (χ2n) is 5.14. The third-order valence-corrected chi connectivity index (χ3v) is 3.47. The molecule has 0 bridgehead atoms.